The minimum atomic E-state index is 0.0815. The molecule has 5 heteroatoms. The van der Waals surface area contributed by atoms with Gasteiger partial charge in [-0.05, 0) is 67.6 Å². The van der Waals surface area contributed by atoms with E-state index in [1.165, 1.54) is 42.1 Å². The predicted octanol–water partition coefficient (Wildman–Crippen LogP) is 3.87. The van der Waals surface area contributed by atoms with Gasteiger partial charge in [-0.2, -0.15) is 4.37 Å². The van der Waals surface area contributed by atoms with Gasteiger partial charge in [0.15, 0.2) is 0 Å². The lowest BCUT2D eigenvalue weighted by atomic mass is 9.85. The van der Waals surface area contributed by atoms with Crippen molar-refractivity contribution in [3.8, 4) is 0 Å². The number of fused-ring (bicyclic) bond motifs is 1. The summed E-state index contributed by atoms with van der Waals surface area (Å²) in [6, 6.07) is 1.97. The highest BCUT2D eigenvalue weighted by atomic mass is 32.1. The zero-order valence-corrected chi connectivity index (χ0v) is 14.1. The molecule has 1 aromatic heterocycles. The average Bonchev–Trinajstić information content (AvgIpc) is 3.11. The minimum Gasteiger partial charge on any atom is -0.377 e. The number of hydrogen-bond donors (Lipinski definition) is 0. The summed E-state index contributed by atoms with van der Waals surface area (Å²) in [4.78, 5) is 16.0. The topological polar surface area (TPSA) is 42.4 Å². The molecule has 1 aromatic rings. The van der Waals surface area contributed by atoms with Crippen LogP contribution in [0, 0.1) is 5.92 Å². The molecule has 0 N–H and O–H groups in total. The fourth-order valence-electron chi connectivity index (χ4n) is 3.81. The van der Waals surface area contributed by atoms with Gasteiger partial charge in [0, 0.05) is 12.2 Å². The molecular formula is C18H22N2O2S. The maximum atomic E-state index is 12.9. The van der Waals surface area contributed by atoms with E-state index in [0.29, 0.717) is 18.2 Å². The summed E-state index contributed by atoms with van der Waals surface area (Å²) >= 11 is 1.44. The van der Waals surface area contributed by atoms with Gasteiger partial charge in [-0.3, -0.25) is 4.79 Å². The number of carbonyl (C=O) groups is 1. The third-order valence-corrected chi connectivity index (χ3v) is 5.89. The Labute approximate surface area is 141 Å². The third-order valence-electron chi connectivity index (χ3n) is 5.03. The Balaban J connectivity index is 1.55. The van der Waals surface area contributed by atoms with Gasteiger partial charge < -0.3 is 9.64 Å². The van der Waals surface area contributed by atoms with E-state index in [2.05, 4.69) is 16.5 Å². The van der Waals surface area contributed by atoms with Gasteiger partial charge in [0.05, 0.1) is 18.1 Å². The lowest BCUT2D eigenvalue weighted by molar-refractivity contribution is 0.0744. The normalized spacial score (nSPS) is 24.7. The van der Waals surface area contributed by atoms with Gasteiger partial charge in [0.2, 0.25) is 0 Å². The molecule has 23 heavy (non-hydrogen) atoms. The molecule has 1 atom stereocenters. The van der Waals surface area contributed by atoms with Crippen LogP contribution in [0.4, 0.5) is 0 Å². The molecule has 1 saturated heterocycles. The molecule has 0 unspecified atom stereocenters. The zero-order chi connectivity index (χ0) is 15.6. The first-order chi connectivity index (χ1) is 11.3. The first kappa shape index (κ1) is 15.1. The molecule has 2 aliphatic heterocycles. The van der Waals surface area contributed by atoms with Crippen molar-refractivity contribution in [1.82, 2.24) is 9.27 Å². The Bertz CT molecular complexity index is 662. The van der Waals surface area contributed by atoms with Gasteiger partial charge in [-0.15, -0.1) is 0 Å². The second-order valence-electron chi connectivity index (χ2n) is 6.49. The van der Waals surface area contributed by atoms with Crippen LogP contribution < -0.4 is 0 Å². The highest BCUT2D eigenvalue weighted by Gasteiger charge is 2.31. The van der Waals surface area contributed by atoms with Crippen LogP contribution in [0.5, 0.6) is 0 Å². The van der Waals surface area contributed by atoms with E-state index in [-0.39, 0.29) is 5.91 Å². The molecule has 0 spiro atoms. The van der Waals surface area contributed by atoms with Crippen LogP contribution >= 0.6 is 11.5 Å². The van der Waals surface area contributed by atoms with Gasteiger partial charge in [-0.25, -0.2) is 0 Å². The Morgan fingerprint density at radius 3 is 3.09 bits per heavy atom. The standard InChI is InChI=1S/C18H22N2O2S/c21-18(20-9-3-5-13-4-1-2-6-16(13)20)15-12-17(23-19-15)14-7-10-22-11-8-14/h6-7,12-13H,1-5,8-11H2/t13-/m0/s1. The molecule has 4 nitrogen and oxygen atoms in total. The lowest BCUT2D eigenvalue weighted by Crippen LogP contribution is -2.39. The first-order valence-electron chi connectivity index (χ1n) is 8.59. The summed E-state index contributed by atoms with van der Waals surface area (Å²) < 4.78 is 9.80. The molecule has 0 radical (unpaired) electrons. The minimum absolute atomic E-state index is 0.0815. The molecule has 3 aliphatic rings. The number of amides is 1. The van der Waals surface area contributed by atoms with Gasteiger partial charge in [0.1, 0.15) is 5.69 Å². The van der Waals surface area contributed by atoms with Crippen molar-refractivity contribution < 1.29 is 9.53 Å². The van der Waals surface area contributed by atoms with Crippen LogP contribution in [-0.2, 0) is 4.74 Å². The maximum Gasteiger partial charge on any atom is 0.277 e. The summed E-state index contributed by atoms with van der Waals surface area (Å²) in [7, 11) is 0. The Morgan fingerprint density at radius 1 is 1.30 bits per heavy atom. The number of rotatable bonds is 2. The molecule has 122 valence electrons. The van der Waals surface area contributed by atoms with Crippen LogP contribution in [0.15, 0.2) is 23.9 Å². The lowest BCUT2D eigenvalue weighted by Gasteiger charge is -2.37. The average molecular weight is 330 g/mol. The van der Waals surface area contributed by atoms with Gasteiger partial charge >= 0.3 is 0 Å². The number of likely N-dealkylation sites (tertiary alicyclic amines) is 1. The summed E-state index contributed by atoms with van der Waals surface area (Å²) in [6.45, 7) is 2.26. The van der Waals surface area contributed by atoms with E-state index in [9.17, 15) is 4.79 Å². The van der Waals surface area contributed by atoms with E-state index < -0.39 is 0 Å². The first-order valence-corrected chi connectivity index (χ1v) is 9.36. The van der Waals surface area contributed by atoms with Crippen molar-refractivity contribution in [2.45, 2.75) is 38.5 Å². The SMILES string of the molecule is O=C(c1cc(C2=CCOCC2)sn1)N1CCC[C@@H]2CCCC=C21. The fraction of sp³-hybridized carbons (Fsp3) is 0.556. The fourth-order valence-corrected chi connectivity index (χ4v) is 4.61. The second-order valence-corrected chi connectivity index (χ2v) is 7.29. The molecule has 1 aliphatic carbocycles. The number of carbonyl (C=O) groups excluding carboxylic acids is 1. The van der Waals surface area contributed by atoms with Crippen LogP contribution in [0.2, 0.25) is 0 Å². The van der Waals surface area contributed by atoms with Crippen molar-refractivity contribution in [3.05, 3.63) is 34.5 Å². The van der Waals surface area contributed by atoms with E-state index >= 15 is 0 Å². The molecule has 0 aromatic carbocycles. The third kappa shape index (κ3) is 3.00. The van der Waals surface area contributed by atoms with E-state index in [1.54, 1.807) is 0 Å². The number of hydrogen-bond acceptors (Lipinski definition) is 4. The quantitative estimate of drug-likeness (QED) is 0.827. The van der Waals surface area contributed by atoms with Crippen LogP contribution in [-0.4, -0.2) is 34.9 Å². The molecule has 1 fully saturated rings. The number of aromatic nitrogens is 1. The smallest absolute Gasteiger partial charge is 0.277 e. The van der Waals surface area contributed by atoms with Crippen LogP contribution in [0.25, 0.3) is 5.57 Å². The van der Waals surface area contributed by atoms with E-state index in [0.717, 1.165) is 37.3 Å². The van der Waals surface area contributed by atoms with Crippen molar-refractivity contribution in [1.29, 1.82) is 0 Å². The molecular weight excluding hydrogens is 308 g/mol. The monoisotopic (exact) mass is 330 g/mol. The molecule has 0 saturated carbocycles. The van der Waals surface area contributed by atoms with Crippen molar-refractivity contribution in [2.24, 2.45) is 5.92 Å². The summed E-state index contributed by atoms with van der Waals surface area (Å²) in [6.07, 6.45) is 11.2. The predicted molar refractivity (Wildman–Crippen MR) is 91.2 cm³/mol. The van der Waals surface area contributed by atoms with E-state index in [1.807, 2.05) is 11.0 Å². The number of ether oxygens (including phenoxy) is 1. The molecule has 3 heterocycles. The number of allylic oxidation sites excluding steroid dienone is 2. The highest BCUT2D eigenvalue weighted by molar-refractivity contribution is 7.07. The summed E-state index contributed by atoms with van der Waals surface area (Å²) in [5, 5.41) is 0. The van der Waals surface area contributed by atoms with Gasteiger partial charge in [0.25, 0.3) is 5.91 Å². The van der Waals surface area contributed by atoms with Crippen LogP contribution in [0.3, 0.4) is 0 Å². The number of nitrogens with zero attached hydrogens (tertiary/aromatic N) is 2. The highest BCUT2D eigenvalue weighted by Crippen LogP contribution is 2.36. The molecule has 4 rings (SSSR count). The zero-order valence-electron chi connectivity index (χ0n) is 13.3. The Hall–Kier alpha value is -1.46. The van der Waals surface area contributed by atoms with Crippen molar-refractivity contribution in [2.75, 3.05) is 19.8 Å². The Morgan fingerprint density at radius 2 is 2.22 bits per heavy atom. The van der Waals surface area contributed by atoms with E-state index in [4.69, 9.17) is 4.74 Å². The summed E-state index contributed by atoms with van der Waals surface area (Å²) in [5.74, 6) is 0.663. The van der Waals surface area contributed by atoms with Crippen LogP contribution in [0.1, 0.15) is 53.9 Å². The maximum absolute atomic E-state index is 12.9. The molecule has 0 bridgehead atoms. The largest absolute Gasteiger partial charge is 0.377 e. The van der Waals surface area contributed by atoms with Crippen molar-refractivity contribution >= 4 is 23.0 Å². The Kier molecular flexibility index (Phi) is 4.31. The molecule has 1 amide bonds. The van der Waals surface area contributed by atoms with Gasteiger partial charge in [-0.1, -0.05) is 12.2 Å². The number of piperidine rings is 1. The second kappa shape index (κ2) is 6.57. The summed E-state index contributed by atoms with van der Waals surface area (Å²) in [5.41, 5.74) is 3.12. The van der Waals surface area contributed by atoms with Crippen molar-refractivity contribution in [3.63, 3.8) is 0 Å².